The molecule has 1 aromatic rings. The Morgan fingerprint density at radius 2 is 1.62 bits per heavy atom. The first-order valence-electron chi connectivity index (χ1n) is 19.8. The molecule has 4 aliphatic heterocycles. The van der Waals surface area contributed by atoms with Crippen LogP contribution < -0.4 is 16.0 Å². The van der Waals surface area contributed by atoms with E-state index in [0.717, 1.165) is 12.8 Å². The number of amides is 6. The number of benzene rings is 1. The van der Waals surface area contributed by atoms with Crippen molar-refractivity contribution in [3.05, 3.63) is 42.0 Å². The average Bonchev–Trinajstić information content (AvgIpc) is 3.85. The fourth-order valence-corrected chi connectivity index (χ4v) is 8.03. The summed E-state index contributed by atoms with van der Waals surface area (Å²) in [5.74, 6) is -3.93. The molecule has 15 heteroatoms. The van der Waals surface area contributed by atoms with Gasteiger partial charge in [-0.25, -0.2) is 4.79 Å². The zero-order valence-corrected chi connectivity index (χ0v) is 32.3. The lowest BCUT2D eigenvalue weighted by atomic mass is 9.91. The van der Waals surface area contributed by atoms with E-state index in [2.05, 4.69) is 16.0 Å². The number of nitrogens with one attached hydrogen (secondary N) is 3. The number of aromatic hydroxyl groups is 1. The molecule has 5 rings (SSSR count). The molecule has 4 aliphatic rings. The molecule has 0 saturated carbocycles. The van der Waals surface area contributed by atoms with E-state index >= 15 is 0 Å². The van der Waals surface area contributed by atoms with Crippen LogP contribution in [0.3, 0.4) is 0 Å². The number of phenols is 1. The van der Waals surface area contributed by atoms with Gasteiger partial charge in [-0.05, 0) is 88.5 Å². The van der Waals surface area contributed by atoms with Crippen LogP contribution in [-0.2, 0) is 44.7 Å². The Morgan fingerprint density at radius 1 is 0.927 bits per heavy atom. The third kappa shape index (κ3) is 10.0. The Morgan fingerprint density at radius 3 is 2.33 bits per heavy atom. The molecule has 4 saturated heterocycles. The summed E-state index contributed by atoms with van der Waals surface area (Å²) in [7, 11) is 0. The fourth-order valence-electron chi connectivity index (χ4n) is 8.03. The van der Waals surface area contributed by atoms with Crippen molar-refractivity contribution in [3.8, 4) is 5.75 Å². The fraction of sp³-hybridized carbons (Fsp3) is 0.625. The summed E-state index contributed by atoms with van der Waals surface area (Å²) in [4.78, 5) is 102. The zero-order chi connectivity index (χ0) is 39.8. The van der Waals surface area contributed by atoms with Crippen LogP contribution in [0, 0.1) is 5.92 Å². The molecule has 0 aliphatic carbocycles. The lowest BCUT2D eigenvalue weighted by Gasteiger charge is -2.41. The number of nitrogens with zero attached hydrogens (tertiary/aromatic N) is 3. The molecule has 1 aromatic carbocycles. The number of carbonyl (C=O) groups excluding carboxylic acids is 7. The van der Waals surface area contributed by atoms with Crippen LogP contribution in [0.2, 0.25) is 0 Å². The molecule has 4 fully saturated rings. The smallest absolute Gasteiger partial charge is 0.329 e. The quantitative estimate of drug-likeness (QED) is 0.165. The highest BCUT2D eigenvalue weighted by atomic mass is 16.5. The van der Waals surface area contributed by atoms with E-state index in [1.165, 1.54) is 39.8 Å². The van der Waals surface area contributed by atoms with Gasteiger partial charge in [-0.3, -0.25) is 28.8 Å². The van der Waals surface area contributed by atoms with Crippen LogP contribution >= 0.6 is 0 Å². The average molecular weight is 765 g/mol. The van der Waals surface area contributed by atoms with Crippen LogP contribution in [0.5, 0.6) is 5.75 Å². The van der Waals surface area contributed by atoms with E-state index in [9.17, 15) is 38.7 Å². The van der Waals surface area contributed by atoms with Crippen molar-refractivity contribution >= 4 is 41.4 Å². The van der Waals surface area contributed by atoms with Gasteiger partial charge in [0.05, 0.1) is 0 Å². The maximum atomic E-state index is 14.6. The first-order valence-corrected chi connectivity index (χ1v) is 19.8. The summed E-state index contributed by atoms with van der Waals surface area (Å²) in [6.45, 7) is 7.81. The number of ether oxygens (including phenoxy) is 1. The van der Waals surface area contributed by atoms with Gasteiger partial charge in [-0.1, -0.05) is 44.9 Å². The number of unbranched alkanes of at least 4 members (excludes halogenated alkanes) is 2. The molecule has 55 heavy (non-hydrogen) atoms. The number of rotatable bonds is 9. The van der Waals surface area contributed by atoms with Crippen molar-refractivity contribution in [1.29, 1.82) is 0 Å². The topological polar surface area (TPSA) is 195 Å². The molecule has 1 unspecified atom stereocenters. The lowest BCUT2D eigenvalue weighted by Crippen LogP contribution is -2.63. The van der Waals surface area contributed by atoms with E-state index in [1.807, 2.05) is 13.8 Å². The Kier molecular flexibility index (Phi) is 13.9. The number of hydrogen-bond acceptors (Lipinski definition) is 9. The number of cyclic esters (lactones) is 1. The maximum absolute atomic E-state index is 14.6. The van der Waals surface area contributed by atoms with E-state index < -0.39 is 83.8 Å². The highest BCUT2D eigenvalue weighted by Gasteiger charge is 2.47. The maximum Gasteiger partial charge on any atom is 0.329 e. The molecular weight excluding hydrogens is 708 g/mol. The van der Waals surface area contributed by atoms with Crippen molar-refractivity contribution in [2.24, 2.45) is 5.92 Å². The van der Waals surface area contributed by atoms with Crippen molar-refractivity contribution in [1.82, 2.24) is 30.7 Å². The number of carbonyl (C=O) groups is 7. The second kappa shape index (κ2) is 18.6. The number of phenolic OH excluding ortho intramolecular Hbond substituents is 1. The molecule has 8 atom stereocenters. The molecule has 0 bridgehead atoms. The van der Waals surface area contributed by atoms with Crippen molar-refractivity contribution in [2.75, 3.05) is 19.6 Å². The van der Waals surface area contributed by atoms with Gasteiger partial charge in [0.15, 0.2) is 0 Å². The summed E-state index contributed by atoms with van der Waals surface area (Å²) in [6, 6.07) is -0.188. The summed E-state index contributed by atoms with van der Waals surface area (Å²) >= 11 is 0. The van der Waals surface area contributed by atoms with Gasteiger partial charge in [0.25, 0.3) is 0 Å². The first kappa shape index (κ1) is 41.2. The van der Waals surface area contributed by atoms with E-state index in [0.29, 0.717) is 57.1 Å². The summed E-state index contributed by atoms with van der Waals surface area (Å²) in [6.07, 6.45) is 6.95. The van der Waals surface area contributed by atoms with Gasteiger partial charge in [0.1, 0.15) is 48.1 Å². The molecule has 4 heterocycles. The van der Waals surface area contributed by atoms with Crippen molar-refractivity contribution in [3.63, 3.8) is 0 Å². The van der Waals surface area contributed by atoms with Gasteiger partial charge in [0.2, 0.25) is 35.4 Å². The van der Waals surface area contributed by atoms with Gasteiger partial charge in [0, 0.05) is 26.1 Å². The summed E-state index contributed by atoms with van der Waals surface area (Å²) in [5.41, 5.74) is 0.541. The van der Waals surface area contributed by atoms with Crippen LogP contribution in [0.1, 0.15) is 91.0 Å². The Labute approximate surface area is 322 Å². The van der Waals surface area contributed by atoms with Gasteiger partial charge < -0.3 is 40.5 Å². The van der Waals surface area contributed by atoms with Crippen LogP contribution in [0.4, 0.5) is 0 Å². The summed E-state index contributed by atoms with van der Waals surface area (Å²) in [5, 5.41) is 18.4. The van der Waals surface area contributed by atoms with E-state index in [1.54, 1.807) is 25.1 Å². The number of allylic oxidation sites excluding steroid dienone is 1. The molecule has 300 valence electrons. The first-order chi connectivity index (χ1) is 26.3. The third-order valence-electron chi connectivity index (χ3n) is 11.1. The molecule has 6 amide bonds. The highest BCUT2D eigenvalue weighted by molar-refractivity contribution is 5.98. The number of fused-ring (bicyclic) bond motifs is 3. The monoisotopic (exact) mass is 764 g/mol. The van der Waals surface area contributed by atoms with Gasteiger partial charge >= 0.3 is 5.97 Å². The van der Waals surface area contributed by atoms with Gasteiger partial charge in [-0.2, -0.15) is 0 Å². The van der Waals surface area contributed by atoms with Crippen LogP contribution in [0.15, 0.2) is 36.4 Å². The Hall–Kier alpha value is -4.95. The minimum atomic E-state index is -1.48. The normalized spacial score (nSPS) is 28.6. The number of hydrogen-bond donors (Lipinski definition) is 4. The zero-order valence-electron chi connectivity index (χ0n) is 32.3. The molecular formula is C40H56N6O9. The van der Waals surface area contributed by atoms with Crippen molar-refractivity contribution < 1.29 is 43.4 Å². The molecule has 15 nitrogen and oxygen atoms in total. The van der Waals surface area contributed by atoms with Gasteiger partial charge in [-0.15, -0.1) is 0 Å². The molecule has 0 radical (unpaired) electrons. The molecule has 0 aromatic heterocycles. The predicted molar refractivity (Wildman–Crippen MR) is 201 cm³/mol. The third-order valence-corrected chi connectivity index (χ3v) is 11.1. The molecule has 0 spiro atoms. The standard InChI is InChI=1S/C40H56N6O9/c1-5-6-7-8-16-33(48)42-29(23-27-12-9-13-28(47)22-27)35(49)43-34-26(4)55-40(54)31-15-11-19-45(31)37(51)25(3)41-36(50)32-21-24(2)17-20-46(32)38(52)30-14-10-18-44(30)39(34)53/h8-9,12-13,16,22,24-26,29-32,34,47H,5-7,10-11,14-15,17-21,23H2,1-4H3,(H,41,50)(H,42,48)(H,43,49)/t24?,25-,26-,29-,30-,31-,32-,34-/m0/s1. The molecule has 4 N–H and O–H groups in total. The minimum absolute atomic E-state index is 0.0304. The van der Waals surface area contributed by atoms with E-state index in [4.69, 9.17) is 4.74 Å². The Balaban J connectivity index is 1.49. The Bertz CT molecular complexity index is 1650. The second-order valence-electron chi connectivity index (χ2n) is 15.4. The van der Waals surface area contributed by atoms with Crippen molar-refractivity contribution in [2.45, 2.75) is 134 Å². The lowest BCUT2D eigenvalue weighted by molar-refractivity contribution is -0.163. The van der Waals surface area contributed by atoms with E-state index in [-0.39, 0.29) is 31.2 Å². The van der Waals surface area contributed by atoms with Crippen LogP contribution in [-0.4, -0.2) is 123 Å². The second-order valence-corrected chi connectivity index (χ2v) is 15.4. The minimum Gasteiger partial charge on any atom is -0.508 e. The predicted octanol–water partition coefficient (Wildman–Crippen LogP) is 1.71. The SMILES string of the molecule is CCCCC=CC(=O)N[C@@H](Cc1cccc(O)c1)C(=O)N[C@@H]1C(=O)N2CCC[C@H]2C(=O)N2CCC(C)C[C@H]2C(=O)N[C@@H](C)C(=O)N2CCC[C@H]2C(=O)O[C@H]1C. The van der Waals surface area contributed by atoms with Crippen LogP contribution in [0.25, 0.3) is 0 Å². The largest absolute Gasteiger partial charge is 0.508 e. The highest BCUT2D eigenvalue weighted by Crippen LogP contribution is 2.29. The number of esters is 1. The number of piperidine rings is 1. The summed E-state index contributed by atoms with van der Waals surface area (Å²) < 4.78 is 5.89.